The highest BCUT2D eigenvalue weighted by Gasteiger charge is 2.20. The van der Waals surface area contributed by atoms with Crippen LogP contribution in [0.3, 0.4) is 0 Å². The van der Waals surface area contributed by atoms with Gasteiger partial charge in [-0.15, -0.1) is 0 Å². The fourth-order valence-corrected chi connectivity index (χ4v) is 3.17. The van der Waals surface area contributed by atoms with E-state index < -0.39 is 0 Å². The number of hydrogen-bond donors (Lipinski definition) is 1. The zero-order valence-corrected chi connectivity index (χ0v) is 15.1. The molecular formula is C15H19Br2N3. The van der Waals surface area contributed by atoms with Crippen molar-refractivity contribution in [1.82, 2.24) is 15.1 Å². The largest absolute Gasteiger partial charge is 0.305 e. The Hall–Kier alpha value is -0.650. The van der Waals surface area contributed by atoms with Crippen LogP contribution in [-0.4, -0.2) is 16.3 Å². The van der Waals surface area contributed by atoms with Gasteiger partial charge in [-0.1, -0.05) is 35.0 Å². The molecule has 1 N–H and O–H groups in total. The van der Waals surface area contributed by atoms with Gasteiger partial charge in [-0.25, -0.2) is 0 Å². The summed E-state index contributed by atoms with van der Waals surface area (Å²) in [5.74, 6) is 0. The first-order valence-electron chi connectivity index (χ1n) is 6.71. The zero-order chi connectivity index (χ0) is 14.7. The fourth-order valence-electron chi connectivity index (χ4n) is 2.19. The maximum Gasteiger partial charge on any atom is 0.0760 e. The van der Waals surface area contributed by atoms with Crippen LogP contribution in [0.5, 0.6) is 0 Å². The Bertz CT molecular complexity index is 573. The number of aryl methyl sites for hydroxylation is 2. The Labute approximate surface area is 137 Å². The molecule has 1 aromatic carbocycles. The van der Waals surface area contributed by atoms with Crippen molar-refractivity contribution in [2.45, 2.75) is 26.3 Å². The van der Waals surface area contributed by atoms with Crippen molar-refractivity contribution in [2.24, 2.45) is 7.05 Å². The maximum atomic E-state index is 4.33. The van der Waals surface area contributed by atoms with E-state index in [2.05, 4.69) is 74.3 Å². The average Bonchev–Trinajstić information content (AvgIpc) is 2.75. The number of nitrogens with one attached hydrogen (secondary N) is 1. The summed E-state index contributed by atoms with van der Waals surface area (Å²) in [4.78, 5) is 0. The molecule has 0 saturated heterocycles. The smallest absolute Gasteiger partial charge is 0.0760 e. The minimum atomic E-state index is 0.133. The molecule has 1 atom stereocenters. The Morgan fingerprint density at radius 1 is 1.30 bits per heavy atom. The minimum Gasteiger partial charge on any atom is -0.305 e. The zero-order valence-electron chi connectivity index (χ0n) is 12.0. The molecule has 20 heavy (non-hydrogen) atoms. The lowest BCUT2D eigenvalue weighted by Gasteiger charge is -2.21. The number of halogens is 2. The molecule has 0 aliphatic carbocycles. The van der Waals surface area contributed by atoms with Crippen LogP contribution in [0.4, 0.5) is 0 Å². The highest BCUT2D eigenvalue weighted by Crippen LogP contribution is 2.30. The van der Waals surface area contributed by atoms with Gasteiger partial charge < -0.3 is 5.32 Å². The van der Waals surface area contributed by atoms with Crippen molar-refractivity contribution in [3.05, 3.63) is 50.2 Å². The molecule has 0 aliphatic rings. The molecule has 2 aromatic rings. The van der Waals surface area contributed by atoms with Gasteiger partial charge in [-0.05, 0) is 53.0 Å². The quantitative estimate of drug-likeness (QED) is 0.808. The molecule has 5 heteroatoms. The van der Waals surface area contributed by atoms with Gasteiger partial charge >= 0.3 is 0 Å². The van der Waals surface area contributed by atoms with Crippen LogP contribution in [0, 0.1) is 6.92 Å². The molecule has 0 amide bonds. The summed E-state index contributed by atoms with van der Waals surface area (Å²) in [5, 5.41) is 7.93. The van der Waals surface area contributed by atoms with E-state index in [9.17, 15) is 0 Å². The summed E-state index contributed by atoms with van der Waals surface area (Å²) in [6, 6.07) is 6.63. The first kappa shape index (κ1) is 15.7. The Balaban J connectivity index is 2.44. The summed E-state index contributed by atoms with van der Waals surface area (Å²) < 4.78 is 4.09. The van der Waals surface area contributed by atoms with Crippen molar-refractivity contribution in [2.75, 3.05) is 6.54 Å². The average molecular weight is 401 g/mol. The number of benzene rings is 1. The van der Waals surface area contributed by atoms with Gasteiger partial charge in [-0.2, -0.15) is 5.10 Å². The first-order chi connectivity index (χ1) is 9.54. The second kappa shape index (κ2) is 6.87. The number of nitrogens with zero attached hydrogens (tertiary/aromatic N) is 2. The van der Waals surface area contributed by atoms with Crippen LogP contribution in [0.1, 0.15) is 36.2 Å². The van der Waals surface area contributed by atoms with Crippen LogP contribution >= 0.6 is 31.9 Å². The summed E-state index contributed by atoms with van der Waals surface area (Å²) >= 11 is 7.23. The summed E-state index contributed by atoms with van der Waals surface area (Å²) in [6.45, 7) is 5.24. The van der Waals surface area contributed by atoms with Gasteiger partial charge in [0, 0.05) is 11.5 Å². The first-order valence-corrected chi connectivity index (χ1v) is 8.30. The Morgan fingerprint density at radius 3 is 2.60 bits per heavy atom. The second-order valence-corrected chi connectivity index (χ2v) is 6.61. The van der Waals surface area contributed by atoms with E-state index in [0.29, 0.717) is 0 Å². The second-order valence-electron chi connectivity index (χ2n) is 4.90. The lowest BCUT2D eigenvalue weighted by atomic mass is 10.0. The molecule has 0 spiro atoms. The lowest BCUT2D eigenvalue weighted by molar-refractivity contribution is 0.551. The van der Waals surface area contributed by atoms with Gasteiger partial charge in [0.2, 0.25) is 0 Å². The van der Waals surface area contributed by atoms with Gasteiger partial charge in [-0.3, -0.25) is 4.68 Å². The van der Waals surface area contributed by atoms with E-state index in [-0.39, 0.29) is 6.04 Å². The molecule has 108 valence electrons. The van der Waals surface area contributed by atoms with Crippen LogP contribution < -0.4 is 5.32 Å². The molecule has 0 saturated carbocycles. The van der Waals surface area contributed by atoms with E-state index in [1.54, 1.807) is 0 Å². The Kier molecular flexibility index (Phi) is 5.41. The molecule has 1 unspecified atom stereocenters. The number of rotatable bonds is 5. The van der Waals surface area contributed by atoms with Gasteiger partial charge in [0.15, 0.2) is 0 Å². The standard InChI is InChI=1S/C15H19Br2N3/c1-4-7-18-14(15-13(17)9-19-20(15)3)11-6-5-10(2)12(16)8-11/h5-6,8-9,14,18H,4,7H2,1-3H3. The molecule has 0 bridgehead atoms. The Morgan fingerprint density at radius 2 is 2.05 bits per heavy atom. The van der Waals surface area contributed by atoms with E-state index in [1.807, 2.05) is 17.9 Å². The molecule has 0 fully saturated rings. The van der Waals surface area contributed by atoms with E-state index >= 15 is 0 Å². The summed E-state index contributed by atoms with van der Waals surface area (Å²) in [7, 11) is 1.98. The fraction of sp³-hybridized carbons (Fsp3) is 0.400. The van der Waals surface area contributed by atoms with Crippen molar-refractivity contribution in [3.63, 3.8) is 0 Å². The van der Waals surface area contributed by atoms with E-state index in [0.717, 1.165) is 27.6 Å². The minimum absolute atomic E-state index is 0.133. The third kappa shape index (κ3) is 3.32. The third-order valence-corrected chi connectivity index (χ3v) is 4.80. The van der Waals surface area contributed by atoms with Crippen molar-refractivity contribution < 1.29 is 0 Å². The molecule has 0 radical (unpaired) electrons. The monoisotopic (exact) mass is 399 g/mol. The van der Waals surface area contributed by atoms with Gasteiger partial charge in [0.05, 0.1) is 22.4 Å². The predicted molar refractivity (Wildman–Crippen MR) is 89.9 cm³/mol. The van der Waals surface area contributed by atoms with Crippen molar-refractivity contribution in [3.8, 4) is 0 Å². The molecule has 0 aliphatic heterocycles. The summed E-state index contributed by atoms with van der Waals surface area (Å²) in [5.41, 5.74) is 3.63. The van der Waals surface area contributed by atoms with Crippen molar-refractivity contribution in [1.29, 1.82) is 0 Å². The SMILES string of the molecule is CCCNC(c1ccc(C)c(Br)c1)c1c(Br)cnn1C. The topological polar surface area (TPSA) is 29.9 Å². The van der Waals surface area contributed by atoms with Crippen LogP contribution in [0.25, 0.3) is 0 Å². The van der Waals surface area contributed by atoms with Crippen molar-refractivity contribution >= 4 is 31.9 Å². The molecule has 1 aromatic heterocycles. The van der Waals surface area contributed by atoms with Gasteiger partial charge in [0.1, 0.15) is 0 Å². The van der Waals surface area contributed by atoms with Crippen LogP contribution in [-0.2, 0) is 7.05 Å². The highest BCUT2D eigenvalue weighted by atomic mass is 79.9. The lowest BCUT2D eigenvalue weighted by Crippen LogP contribution is -2.25. The van der Waals surface area contributed by atoms with E-state index in [1.165, 1.54) is 11.1 Å². The summed E-state index contributed by atoms with van der Waals surface area (Å²) in [6.07, 6.45) is 2.94. The maximum absolute atomic E-state index is 4.33. The third-order valence-electron chi connectivity index (χ3n) is 3.34. The predicted octanol–water partition coefficient (Wildman–Crippen LogP) is 4.34. The number of aromatic nitrogens is 2. The number of hydrogen-bond acceptors (Lipinski definition) is 2. The van der Waals surface area contributed by atoms with Gasteiger partial charge in [0.25, 0.3) is 0 Å². The van der Waals surface area contributed by atoms with Crippen LogP contribution in [0.15, 0.2) is 33.3 Å². The normalized spacial score (nSPS) is 12.7. The molecule has 3 nitrogen and oxygen atoms in total. The van der Waals surface area contributed by atoms with E-state index in [4.69, 9.17) is 0 Å². The molecule has 1 heterocycles. The molecular weight excluding hydrogens is 382 g/mol. The highest BCUT2D eigenvalue weighted by molar-refractivity contribution is 9.10. The van der Waals surface area contributed by atoms with Crippen LogP contribution in [0.2, 0.25) is 0 Å². The molecule has 2 rings (SSSR count).